The standard InChI is InChI=1S/C22H22O3/c1-14-11-17(5-9-21(14)24)20(13-16-3-7-19(23)8-4-16)18-6-10-22(25)15(2)12-18/h3-12,20,23-25H,13H2,1-2H3. The van der Waals surface area contributed by atoms with E-state index < -0.39 is 0 Å². The predicted molar refractivity (Wildman–Crippen MR) is 99.3 cm³/mol. The van der Waals surface area contributed by atoms with Gasteiger partial charge in [0.2, 0.25) is 0 Å². The summed E-state index contributed by atoms with van der Waals surface area (Å²) in [5.41, 5.74) is 4.99. The number of hydrogen-bond acceptors (Lipinski definition) is 3. The van der Waals surface area contributed by atoms with E-state index >= 15 is 0 Å². The van der Waals surface area contributed by atoms with Crippen LogP contribution in [0.1, 0.15) is 33.7 Å². The maximum Gasteiger partial charge on any atom is 0.118 e. The second-order valence-electron chi connectivity index (χ2n) is 6.52. The third-order valence-electron chi connectivity index (χ3n) is 4.62. The lowest BCUT2D eigenvalue weighted by Gasteiger charge is -2.20. The molecule has 3 heteroatoms. The molecule has 0 bridgehead atoms. The predicted octanol–water partition coefficient (Wildman–Crippen LogP) is 4.79. The third-order valence-corrected chi connectivity index (χ3v) is 4.62. The van der Waals surface area contributed by atoms with Gasteiger partial charge in [0.15, 0.2) is 0 Å². The molecule has 0 amide bonds. The van der Waals surface area contributed by atoms with Gasteiger partial charge in [-0.05, 0) is 72.4 Å². The van der Waals surface area contributed by atoms with Crippen molar-refractivity contribution in [2.45, 2.75) is 26.2 Å². The van der Waals surface area contributed by atoms with Crippen molar-refractivity contribution in [2.24, 2.45) is 0 Å². The highest BCUT2D eigenvalue weighted by molar-refractivity contribution is 5.44. The molecule has 128 valence electrons. The molecule has 3 aromatic carbocycles. The molecule has 0 saturated heterocycles. The highest BCUT2D eigenvalue weighted by Gasteiger charge is 2.17. The maximum atomic E-state index is 9.84. The topological polar surface area (TPSA) is 60.7 Å². The first-order valence-electron chi connectivity index (χ1n) is 8.31. The van der Waals surface area contributed by atoms with E-state index in [9.17, 15) is 15.3 Å². The van der Waals surface area contributed by atoms with Crippen LogP contribution in [0.4, 0.5) is 0 Å². The van der Waals surface area contributed by atoms with Crippen LogP contribution in [-0.2, 0) is 6.42 Å². The summed E-state index contributed by atoms with van der Waals surface area (Å²) in [5.74, 6) is 0.910. The van der Waals surface area contributed by atoms with Gasteiger partial charge in [0, 0.05) is 5.92 Å². The summed E-state index contributed by atoms with van der Waals surface area (Å²) in [7, 11) is 0. The first-order chi connectivity index (χ1) is 11.9. The Labute approximate surface area is 147 Å². The molecule has 3 nitrogen and oxygen atoms in total. The lowest BCUT2D eigenvalue weighted by atomic mass is 9.84. The number of hydrogen-bond donors (Lipinski definition) is 3. The highest BCUT2D eigenvalue weighted by atomic mass is 16.3. The SMILES string of the molecule is Cc1cc(C(Cc2ccc(O)cc2)c2ccc(O)c(C)c2)ccc1O. The normalized spacial score (nSPS) is 11.0. The van der Waals surface area contributed by atoms with Gasteiger partial charge in [-0.25, -0.2) is 0 Å². The first-order valence-corrected chi connectivity index (χ1v) is 8.31. The number of benzene rings is 3. The Morgan fingerprint density at radius 1 is 0.680 bits per heavy atom. The van der Waals surface area contributed by atoms with Crippen LogP contribution in [0.15, 0.2) is 60.7 Å². The quantitative estimate of drug-likeness (QED) is 0.642. The van der Waals surface area contributed by atoms with Crippen LogP contribution in [0.25, 0.3) is 0 Å². The molecule has 0 spiro atoms. The minimum Gasteiger partial charge on any atom is -0.508 e. The average molecular weight is 334 g/mol. The largest absolute Gasteiger partial charge is 0.508 e. The van der Waals surface area contributed by atoms with Crippen LogP contribution in [-0.4, -0.2) is 15.3 Å². The van der Waals surface area contributed by atoms with Gasteiger partial charge in [0.05, 0.1) is 0 Å². The highest BCUT2D eigenvalue weighted by Crippen LogP contribution is 2.33. The minimum absolute atomic E-state index is 0.0862. The Balaban J connectivity index is 2.04. The van der Waals surface area contributed by atoms with Crippen molar-refractivity contribution in [1.82, 2.24) is 0 Å². The van der Waals surface area contributed by atoms with E-state index in [2.05, 4.69) is 0 Å². The van der Waals surface area contributed by atoms with E-state index in [1.165, 1.54) is 0 Å². The fourth-order valence-corrected chi connectivity index (χ4v) is 3.09. The number of aryl methyl sites for hydroxylation is 2. The molecule has 0 aliphatic heterocycles. The van der Waals surface area contributed by atoms with Gasteiger partial charge in [-0.3, -0.25) is 0 Å². The van der Waals surface area contributed by atoms with Gasteiger partial charge >= 0.3 is 0 Å². The molecule has 0 saturated carbocycles. The van der Waals surface area contributed by atoms with Crippen LogP contribution in [0, 0.1) is 13.8 Å². The van der Waals surface area contributed by atoms with Gasteiger partial charge in [-0.1, -0.05) is 36.4 Å². The smallest absolute Gasteiger partial charge is 0.118 e. The summed E-state index contributed by atoms with van der Waals surface area (Å²) in [5, 5.41) is 29.2. The fraction of sp³-hybridized carbons (Fsp3) is 0.182. The molecule has 0 fully saturated rings. The number of phenols is 3. The zero-order valence-electron chi connectivity index (χ0n) is 14.4. The van der Waals surface area contributed by atoms with E-state index in [-0.39, 0.29) is 23.2 Å². The maximum absolute atomic E-state index is 9.84. The molecule has 0 heterocycles. The average Bonchev–Trinajstić information content (AvgIpc) is 2.59. The van der Waals surface area contributed by atoms with Gasteiger partial charge in [-0.2, -0.15) is 0 Å². The molecular weight excluding hydrogens is 312 g/mol. The number of aromatic hydroxyl groups is 3. The van der Waals surface area contributed by atoms with Crippen molar-refractivity contribution in [2.75, 3.05) is 0 Å². The molecule has 0 unspecified atom stereocenters. The van der Waals surface area contributed by atoms with Crippen molar-refractivity contribution in [3.05, 3.63) is 88.5 Å². The van der Waals surface area contributed by atoms with Crippen molar-refractivity contribution >= 4 is 0 Å². The summed E-state index contributed by atoms with van der Waals surface area (Å²) in [6.45, 7) is 3.77. The summed E-state index contributed by atoms with van der Waals surface area (Å²) in [6.07, 6.45) is 0.759. The van der Waals surface area contributed by atoms with E-state index in [1.54, 1.807) is 24.3 Å². The van der Waals surface area contributed by atoms with E-state index in [0.29, 0.717) is 0 Å². The molecule has 0 atom stereocenters. The van der Waals surface area contributed by atoms with Crippen LogP contribution in [0.2, 0.25) is 0 Å². The van der Waals surface area contributed by atoms with Gasteiger partial charge in [-0.15, -0.1) is 0 Å². The lowest BCUT2D eigenvalue weighted by molar-refractivity contribution is 0.470. The number of rotatable bonds is 4. The van der Waals surface area contributed by atoms with Crippen molar-refractivity contribution in [1.29, 1.82) is 0 Å². The first kappa shape index (κ1) is 16.9. The summed E-state index contributed by atoms with van der Waals surface area (Å²) in [6, 6.07) is 18.6. The van der Waals surface area contributed by atoms with E-state index in [4.69, 9.17) is 0 Å². The lowest BCUT2D eigenvalue weighted by Crippen LogP contribution is -2.06. The second kappa shape index (κ2) is 6.89. The summed E-state index contributed by atoms with van der Waals surface area (Å²) < 4.78 is 0. The Morgan fingerprint density at radius 3 is 1.60 bits per heavy atom. The molecule has 0 aromatic heterocycles. The van der Waals surface area contributed by atoms with Crippen molar-refractivity contribution in [3.63, 3.8) is 0 Å². The van der Waals surface area contributed by atoms with Crippen molar-refractivity contribution in [3.8, 4) is 17.2 Å². The molecule has 0 aliphatic carbocycles. The Bertz CT molecular complexity index is 831. The summed E-state index contributed by atoms with van der Waals surface area (Å²) >= 11 is 0. The van der Waals surface area contributed by atoms with Crippen molar-refractivity contribution < 1.29 is 15.3 Å². The molecule has 3 N–H and O–H groups in total. The summed E-state index contributed by atoms with van der Waals surface area (Å²) in [4.78, 5) is 0. The molecule has 25 heavy (non-hydrogen) atoms. The van der Waals surface area contributed by atoms with Gasteiger partial charge in [0.1, 0.15) is 17.2 Å². The van der Waals surface area contributed by atoms with Crippen LogP contribution >= 0.6 is 0 Å². The zero-order chi connectivity index (χ0) is 18.0. The fourth-order valence-electron chi connectivity index (χ4n) is 3.09. The zero-order valence-corrected chi connectivity index (χ0v) is 14.4. The van der Waals surface area contributed by atoms with Crippen LogP contribution < -0.4 is 0 Å². The van der Waals surface area contributed by atoms with Crippen LogP contribution in [0.3, 0.4) is 0 Å². The van der Waals surface area contributed by atoms with E-state index in [0.717, 1.165) is 34.2 Å². The molecule has 0 aliphatic rings. The monoisotopic (exact) mass is 334 g/mol. The Kier molecular flexibility index (Phi) is 4.66. The Hall–Kier alpha value is -2.94. The van der Waals surface area contributed by atoms with Gasteiger partial charge < -0.3 is 15.3 Å². The van der Waals surface area contributed by atoms with Crippen LogP contribution in [0.5, 0.6) is 17.2 Å². The second-order valence-corrected chi connectivity index (χ2v) is 6.52. The molecule has 0 radical (unpaired) electrons. The molecular formula is C22H22O3. The molecule has 3 aromatic rings. The van der Waals surface area contributed by atoms with E-state index in [1.807, 2.05) is 50.2 Å². The minimum atomic E-state index is 0.0862. The Morgan fingerprint density at radius 2 is 1.16 bits per heavy atom. The number of phenolic OH excluding ortho intramolecular Hbond substituents is 3. The third kappa shape index (κ3) is 3.77. The molecule has 3 rings (SSSR count). The van der Waals surface area contributed by atoms with Gasteiger partial charge in [0.25, 0.3) is 0 Å².